The van der Waals surface area contributed by atoms with Crippen LogP contribution in [0.15, 0.2) is 85.6 Å². The predicted molar refractivity (Wildman–Crippen MR) is 111 cm³/mol. The molecule has 0 aliphatic rings. The van der Waals surface area contributed by atoms with E-state index in [-0.39, 0.29) is 5.91 Å². The summed E-state index contributed by atoms with van der Waals surface area (Å²) in [7, 11) is 0. The van der Waals surface area contributed by atoms with Gasteiger partial charge >= 0.3 is 0 Å². The molecule has 1 amide bonds. The van der Waals surface area contributed by atoms with E-state index in [0.717, 1.165) is 22.2 Å². The average molecular weight is 368 g/mol. The second kappa shape index (κ2) is 7.88. The molecule has 0 saturated carbocycles. The highest BCUT2D eigenvalue weighted by molar-refractivity contribution is 6.06. The van der Waals surface area contributed by atoms with Gasteiger partial charge in [-0.25, -0.2) is 9.67 Å². The molecule has 0 fully saturated rings. The van der Waals surface area contributed by atoms with Gasteiger partial charge in [-0.2, -0.15) is 5.10 Å². The average Bonchev–Trinajstić information content (AvgIpc) is 3.15. The number of nitrogens with zero attached hydrogens (tertiary/aromatic N) is 3. The molecule has 2 heterocycles. The maximum atomic E-state index is 12.7. The maximum absolute atomic E-state index is 12.7. The minimum Gasteiger partial charge on any atom is -0.349 e. The number of amides is 1. The first-order valence-corrected chi connectivity index (χ1v) is 9.11. The lowest BCUT2D eigenvalue weighted by Gasteiger charge is -2.09. The van der Waals surface area contributed by atoms with E-state index < -0.39 is 0 Å². The van der Waals surface area contributed by atoms with Crippen LogP contribution in [0.1, 0.15) is 15.9 Å². The van der Waals surface area contributed by atoms with Crippen LogP contribution in [-0.4, -0.2) is 27.2 Å². The predicted octanol–water partition coefficient (Wildman–Crippen LogP) is 4.06. The molecule has 2 aromatic carbocycles. The van der Waals surface area contributed by atoms with E-state index >= 15 is 0 Å². The van der Waals surface area contributed by atoms with Crippen LogP contribution >= 0.6 is 0 Å². The third-order valence-corrected chi connectivity index (χ3v) is 4.51. The molecule has 0 aliphatic carbocycles. The van der Waals surface area contributed by atoms with Crippen LogP contribution in [-0.2, 0) is 6.54 Å². The van der Waals surface area contributed by atoms with Gasteiger partial charge in [-0.1, -0.05) is 66.7 Å². The van der Waals surface area contributed by atoms with E-state index in [4.69, 9.17) is 4.98 Å². The Hall–Kier alpha value is -3.73. The van der Waals surface area contributed by atoms with E-state index in [1.165, 1.54) is 0 Å². The Morgan fingerprint density at radius 3 is 2.50 bits per heavy atom. The number of fused-ring (bicyclic) bond motifs is 1. The number of aromatic nitrogens is 3. The molecule has 28 heavy (non-hydrogen) atoms. The zero-order chi connectivity index (χ0) is 19.3. The fourth-order valence-corrected chi connectivity index (χ4v) is 3.12. The van der Waals surface area contributed by atoms with Gasteiger partial charge in [0.15, 0.2) is 5.65 Å². The maximum Gasteiger partial charge on any atom is 0.252 e. The number of nitrogens with one attached hydrogen (secondary N) is 1. The second-order valence-electron chi connectivity index (χ2n) is 6.44. The van der Waals surface area contributed by atoms with Gasteiger partial charge in [0.05, 0.1) is 29.4 Å². The molecule has 4 rings (SSSR count). The number of hydrogen-bond donors (Lipinski definition) is 1. The number of rotatable bonds is 6. The summed E-state index contributed by atoms with van der Waals surface area (Å²) in [5.41, 5.74) is 4.07. The zero-order valence-electron chi connectivity index (χ0n) is 15.4. The highest BCUT2D eigenvalue weighted by Gasteiger charge is 2.17. The molecule has 138 valence electrons. The molecule has 0 spiro atoms. The summed E-state index contributed by atoms with van der Waals surface area (Å²) in [5.74, 6) is -0.163. The number of pyridine rings is 1. The van der Waals surface area contributed by atoms with E-state index in [9.17, 15) is 4.79 Å². The first-order chi connectivity index (χ1) is 13.8. The molecule has 4 aromatic rings. The first-order valence-electron chi connectivity index (χ1n) is 9.11. The lowest BCUT2D eigenvalue weighted by Crippen LogP contribution is -2.23. The standard InChI is InChI=1S/C23H20N4O/c1-2-13-24-23(28)19-14-21(18-11-7-4-8-12-18)26-22-20(19)15-25-27(22)16-17-9-5-3-6-10-17/h2-12,14-15H,1,13,16H2,(H,24,28). The molecule has 5 heteroatoms. The molecule has 0 saturated heterocycles. The SMILES string of the molecule is C=CCNC(=O)c1cc(-c2ccccc2)nc2c1cnn2Cc1ccccc1. The van der Waals surface area contributed by atoms with Crippen molar-refractivity contribution >= 4 is 16.9 Å². The summed E-state index contributed by atoms with van der Waals surface area (Å²) in [6.07, 6.45) is 3.37. The minimum atomic E-state index is -0.163. The van der Waals surface area contributed by atoms with Crippen molar-refractivity contribution in [3.8, 4) is 11.3 Å². The van der Waals surface area contributed by atoms with Crippen molar-refractivity contribution in [3.63, 3.8) is 0 Å². The van der Waals surface area contributed by atoms with Crippen molar-refractivity contribution in [2.75, 3.05) is 6.54 Å². The summed E-state index contributed by atoms with van der Waals surface area (Å²) in [4.78, 5) is 17.6. The lowest BCUT2D eigenvalue weighted by molar-refractivity contribution is 0.0959. The van der Waals surface area contributed by atoms with Gasteiger partial charge in [0, 0.05) is 12.1 Å². The second-order valence-corrected chi connectivity index (χ2v) is 6.44. The van der Waals surface area contributed by atoms with Gasteiger partial charge in [0.25, 0.3) is 5.91 Å². The van der Waals surface area contributed by atoms with Crippen LogP contribution in [0.3, 0.4) is 0 Å². The van der Waals surface area contributed by atoms with Crippen LogP contribution in [0.25, 0.3) is 22.3 Å². The first kappa shape index (κ1) is 17.7. The van der Waals surface area contributed by atoms with Crippen LogP contribution in [0.5, 0.6) is 0 Å². The van der Waals surface area contributed by atoms with Crippen LogP contribution < -0.4 is 5.32 Å². The molecule has 0 atom stereocenters. The summed E-state index contributed by atoms with van der Waals surface area (Å²) in [6, 6.07) is 21.7. The molecule has 2 aromatic heterocycles. The fraction of sp³-hybridized carbons (Fsp3) is 0.0870. The summed E-state index contributed by atoms with van der Waals surface area (Å²) in [6.45, 7) is 4.65. The fourth-order valence-electron chi connectivity index (χ4n) is 3.12. The Kier molecular flexibility index (Phi) is 4.97. The third-order valence-electron chi connectivity index (χ3n) is 4.51. The number of benzene rings is 2. The highest BCUT2D eigenvalue weighted by Crippen LogP contribution is 2.25. The normalized spacial score (nSPS) is 10.7. The van der Waals surface area contributed by atoms with Crippen molar-refractivity contribution < 1.29 is 4.79 Å². The number of carbonyl (C=O) groups is 1. The smallest absolute Gasteiger partial charge is 0.252 e. The van der Waals surface area contributed by atoms with E-state index in [1.807, 2.05) is 71.4 Å². The highest BCUT2D eigenvalue weighted by atomic mass is 16.1. The summed E-state index contributed by atoms with van der Waals surface area (Å²) < 4.78 is 1.83. The van der Waals surface area contributed by atoms with Gasteiger partial charge < -0.3 is 5.32 Å². The Labute approximate surface area is 163 Å². The molecule has 0 radical (unpaired) electrons. The van der Waals surface area contributed by atoms with E-state index in [2.05, 4.69) is 17.0 Å². The van der Waals surface area contributed by atoms with Crippen LogP contribution in [0, 0.1) is 0 Å². The largest absolute Gasteiger partial charge is 0.349 e. The van der Waals surface area contributed by atoms with Gasteiger partial charge in [-0.15, -0.1) is 6.58 Å². The van der Waals surface area contributed by atoms with E-state index in [0.29, 0.717) is 24.3 Å². The summed E-state index contributed by atoms with van der Waals surface area (Å²) in [5, 5.41) is 8.09. The lowest BCUT2D eigenvalue weighted by atomic mass is 10.1. The summed E-state index contributed by atoms with van der Waals surface area (Å²) >= 11 is 0. The number of hydrogen-bond acceptors (Lipinski definition) is 3. The van der Waals surface area contributed by atoms with Crippen molar-refractivity contribution in [2.45, 2.75) is 6.54 Å². The zero-order valence-corrected chi connectivity index (χ0v) is 15.4. The van der Waals surface area contributed by atoms with E-state index in [1.54, 1.807) is 12.3 Å². The van der Waals surface area contributed by atoms with Gasteiger partial charge in [0.2, 0.25) is 0 Å². The molecule has 0 bridgehead atoms. The molecule has 0 aliphatic heterocycles. The van der Waals surface area contributed by atoms with Gasteiger partial charge in [-0.3, -0.25) is 4.79 Å². The molecular formula is C23H20N4O. The third kappa shape index (κ3) is 3.55. The molecular weight excluding hydrogens is 348 g/mol. The molecule has 1 N–H and O–H groups in total. The quantitative estimate of drug-likeness (QED) is 0.522. The Morgan fingerprint density at radius 2 is 1.79 bits per heavy atom. The van der Waals surface area contributed by atoms with Crippen LogP contribution in [0.4, 0.5) is 0 Å². The van der Waals surface area contributed by atoms with Gasteiger partial charge in [0.1, 0.15) is 0 Å². The Bertz CT molecular complexity index is 1120. The monoisotopic (exact) mass is 368 g/mol. The minimum absolute atomic E-state index is 0.163. The van der Waals surface area contributed by atoms with Crippen molar-refractivity contribution in [1.29, 1.82) is 0 Å². The van der Waals surface area contributed by atoms with Crippen LogP contribution in [0.2, 0.25) is 0 Å². The topological polar surface area (TPSA) is 59.8 Å². The molecule has 0 unspecified atom stereocenters. The Morgan fingerprint density at radius 1 is 1.07 bits per heavy atom. The molecule has 5 nitrogen and oxygen atoms in total. The number of carbonyl (C=O) groups excluding carboxylic acids is 1. The van der Waals surface area contributed by atoms with Gasteiger partial charge in [-0.05, 0) is 11.6 Å². The van der Waals surface area contributed by atoms with Crippen molar-refractivity contribution in [1.82, 2.24) is 20.1 Å². The van der Waals surface area contributed by atoms with Crippen molar-refractivity contribution in [3.05, 3.63) is 96.7 Å². The van der Waals surface area contributed by atoms with Crippen molar-refractivity contribution in [2.24, 2.45) is 0 Å². The Balaban J connectivity index is 1.85.